The number of amides is 2. The minimum absolute atomic E-state index is 0.215. The molecule has 0 spiro atoms. The van der Waals surface area contributed by atoms with Crippen molar-refractivity contribution in [3.05, 3.63) is 23.9 Å². The maximum Gasteiger partial charge on any atom is 0.238 e. The van der Waals surface area contributed by atoms with Gasteiger partial charge in [0, 0.05) is 12.3 Å². The molecular weight excluding hydrogens is 232 g/mol. The molecule has 1 aromatic heterocycles. The van der Waals surface area contributed by atoms with E-state index in [2.05, 4.69) is 16.8 Å². The zero-order valence-electron chi connectivity index (χ0n) is 9.88. The Hall–Kier alpha value is -2.19. The van der Waals surface area contributed by atoms with E-state index in [0.717, 1.165) is 4.90 Å². The molecule has 2 heterocycles. The molecule has 1 fully saturated rings. The van der Waals surface area contributed by atoms with Gasteiger partial charge < -0.3 is 5.11 Å². The first-order chi connectivity index (χ1) is 8.63. The third-order valence-corrected chi connectivity index (χ3v) is 2.63. The molecule has 5 nitrogen and oxygen atoms in total. The van der Waals surface area contributed by atoms with Gasteiger partial charge in [-0.15, -0.1) is 0 Å². The maximum atomic E-state index is 11.8. The summed E-state index contributed by atoms with van der Waals surface area (Å²) in [5.74, 6) is 4.62. The van der Waals surface area contributed by atoms with Crippen LogP contribution in [0.15, 0.2) is 18.2 Å². The van der Waals surface area contributed by atoms with E-state index in [-0.39, 0.29) is 30.8 Å². The van der Waals surface area contributed by atoms with E-state index < -0.39 is 0 Å². The molecule has 0 radical (unpaired) electrons. The van der Waals surface area contributed by atoms with Gasteiger partial charge in [0.05, 0.1) is 0 Å². The summed E-state index contributed by atoms with van der Waals surface area (Å²) in [5, 5.41) is 8.61. The Morgan fingerprint density at radius 2 is 2.28 bits per heavy atom. The zero-order chi connectivity index (χ0) is 13.1. The molecule has 0 saturated carbocycles. The number of aliphatic hydroxyl groups is 1. The smallest absolute Gasteiger partial charge is 0.238 e. The lowest BCUT2D eigenvalue weighted by Crippen LogP contribution is -2.30. The molecule has 0 aliphatic carbocycles. The van der Waals surface area contributed by atoms with Gasteiger partial charge in [-0.25, -0.2) is 9.88 Å². The van der Waals surface area contributed by atoms with Crippen molar-refractivity contribution in [2.45, 2.75) is 13.3 Å². The van der Waals surface area contributed by atoms with Crippen molar-refractivity contribution >= 4 is 17.6 Å². The molecule has 5 heteroatoms. The van der Waals surface area contributed by atoms with Gasteiger partial charge in [-0.3, -0.25) is 9.59 Å². The van der Waals surface area contributed by atoms with Crippen LogP contribution in [0, 0.1) is 17.8 Å². The van der Waals surface area contributed by atoms with Gasteiger partial charge in [0.25, 0.3) is 0 Å². The largest absolute Gasteiger partial charge is 0.384 e. The van der Waals surface area contributed by atoms with Gasteiger partial charge in [0.2, 0.25) is 11.8 Å². The highest BCUT2D eigenvalue weighted by molar-refractivity contribution is 6.20. The number of aromatic nitrogens is 1. The second-order valence-corrected chi connectivity index (χ2v) is 4.01. The van der Waals surface area contributed by atoms with Crippen LogP contribution in [0.1, 0.15) is 19.0 Å². The van der Waals surface area contributed by atoms with E-state index in [9.17, 15) is 9.59 Å². The molecule has 2 rings (SSSR count). The Morgan fingerprint density at radius 1 is 1.50 bits per heavy atom. The molecule has 0 aromatic carbocycles. The molecule has 1 N–H and O–H groups in total. The third kappa shape index (κ3) is 2.24. The summed E-state index contributed by atoms with van der Waals surface area (Å²) in [6.07, 6.45) is 0.215. The predicted molar refractivity (Wildman–Crippen MR) is 64.5 cm³/mol. The highest BCUT2D eigenvalue weighted by Gasteiger charge is 2.37. The number of nitrogens with zero attached hydrogens (tertiary/aromatic N) is 2. The second-order valence-electron chi connectivity index (χ2n) is 4.01. The Morgan fingerprint density at radius 3 is 2.89 bits per heavy atom. The third-order valence-electron chi connectivity index (χ3n) is 2.63. The van der Waals surface area contributed by atoms with E-state index in [1.54, 1.807) is 25.1 Å². The summed E-state index contributed by atoms with van der Waals surface area (Å²) in [6.45, 7) is 1.46. The van der Waals surface area contributed by atoms with Crippen molar-refractivity contribution in [1.82, 2.24) is 4.98 Å². The topological polar surface area (TPSA) is 70.5 Å². The lowest BCUT2D eigenvalue weighted by molar-refractivity contribution is -0.122. The highest BCUT2D eigenvalue weighted by atomic mass is 16.2. The van der Waals surface area contributed by atoms with E-state index in [4.69, 9.17) is 5.11 Å². The number of pyridine rings is 1. The lowest BCUT2D eigenvalue weighted by Gasteiger charge is -2.12. The van der Waals surface area contributed by atoms with Crippen molar-refractivity contribution in [3.63, 3.8) is 0 Å². The van der Waals surface area contributed by atoms with Gasteiger partial charge in [-0.2, -0.15) is 0 Å². The van der Waals surface area contributed by atoms with Crippen LogP contribution < -0.4 is 4.90 Å². The first-order valence-corrected chi connectivity index (χ1v) is 5.57. The van der Waals surface area contributed by atoms with E-state index in [1.807, 2.05) is 0 Å². The summed E-state index contributed by atoms with van der Waals surface area (Å²) >= 11 is 0. The summed E-state index contributed by atoms with van der Waals surface area (Å²) in [4.78, 5) is 28.8. The van der Waals surface area contributed by atoms with Gasteiger partial charge in [-0.05, 0) is 18.1 Å². The van der Waals surface area contributed by atoms with Crippen LogP contribution >= 0.6 is 0 Å². The van der Waals surface area contributed by atoms with Crippen LogP contribution in [0.3, 0.4) is 0 Å². The Balaban J connectivity index is 2.34. The van der Waals surface area contributed by atoms with Crippen molar-refractivity contribution in [2.24, 2.45) is 5.92 Å². The average molecular weight is 244 g/mol. The SMILES string of the molecule is CC1CC(=O)N(c2cccc(C#CCO)n2)C1=O. The van der Waals surface area contributed by atoms with Gasteiger partial charge in [-0.1, -0.05) is 18.9 Å². The number of hydrogen-bond acceptors (Lipinski definition) is 4. The van der Waals surface area contributed by atoms with Crippen LogP contribution in [0.5, 0.6) is 0 Å². The average Bonchev–Trinajstić information content (AvgIpc) is 2.61. The molecule has 1 saturated heterocycles. The van der Waals surface area contributed by atoms with Crippen LogP contribution in [-0.4, -0.2) is 28.5 Å². The van der Waals surface area contributed by atoms with E-state index in [0.29, 0.717) is 11.5 Å². The minimum Gasteiger partial charge on any atom is -0.384 e. The summed E-state index contributed by atoms with van der Waals surface area (Å²) in [5.41, 5.74) is 0.418. The van der Waals surface area contributed by atoms with Crippen LogP contribution in [0.2, 0.25) is 0 Å². The fourth-order valence-corrected chi connectivity index (χ4v) is 1.77. The molecule has 1 aliphatic heterocycles. The molecule has 0 bridgehead atoms. The molecule has 1 atom stereocenters. The molecule has 18 heavy (non-hydrogen) atoms. The van der Waals surface area contributed by atoms with Crippen LogP contribution in [-0.2, 0) is 9.59 Å². The Bertz CT molecular complexity index is 557. The summed E-state index contributed by atoms with van der Waals surface area (Å²) < 4.78 is 0. The second kappa shape index (κ2) is 4.98. The zero-order valence-corrected chi connectivity index (χ0v) is 9.88. The standard InChI is InChI=1S/C13H12N2O3/c1-9-8-12(17)15(13(9)18)11-6-2-4-10(14-11)5-3-7-16/h2,4,6,9,16H,7-8H2,1H3. The number of anilines is 1. The first-order valence-electron chi connectivity index (χ1n) is 5.57. The van der Waals surface area contributed by atoms with Crippen LogP contribution in [0.25, 0.3) is 0 Å². The number of hydrogen-bond donors (Lipinski definition) is 1. The number of imide groups is 1. The van der Waals surface area contributed by atoms with Gasteiger partial charge >= 0.3 is 0 Å². The van der Waals surface area contributed by atoms with Crippen molar-refractivity contribution in [1.29, 1.82) is 0 Å². The van der Waals surface area contributed by atoms with E-state index in [1.165, 1.54) is 0 Å². The highest BCUT2D eigenvalue weighted by Crippen LogP contribution is 2.24. The lowest BCUT2D eigenvalue weighted by atomic mass is 10.1. The van der Waals surface area contributed by atoms with Crippen LogP contribution in [0.4, 0.5) is 5.82 Å². The quantitative estimate of drug-likeness (QED) is 0.570. The fourth-order valence-electron chi connectivity index (χ4n) is 1.77. The molecule has 92 valence electrons. The summed E-state index contributed by atoms with van der Waals surface area (Å²) in [6, 6.07) is 4.92. The molecule has 1 unspecified atom stereocenters. The number of carbonyl (C=O) groups is 2. The number of rotatable bonds is 1. The monoisotopic (exact) mass is 244 g/mol. The number of aliphatic hydroxyl groups excluding tert-OH is 1. The molecular formula is C13H12N2O3. The molecule has 1 aliphatic rings. The molecule has 1 aromatic rings. The Labute approximate surface area is 104 Å². The summed E-state index contributed by atoms with van der Waals surface area (Å²) in [7, 11) is 0. The normalized spacial score (nSPS) is 18.8. The predicted octanol–water partition coefficient (Wildman–Crippen LogP) is 0.325. The minimum atomic E-state index is -0.300. The van der Waals surface area contributed by atoms with Gasteiger partial charge in [0.1, 0.15) is 18.1 Å². The fraction of sp³-hybridized carbons (Fsp3) is 0.308. The Kier molecular flexibility index (Phi) is 3.40. The van der Waals surface area contributed by atoms with Crippen molar-refractivity contribution in [3.8, 4) is 11.8 Å². The number of carbonyl (C=O) groups excluding carboxylic acids is 2. The van der Waals surface area contributed by atoms with Crippen molar-refractivity contribution in [2.75, 3.05) is 11.5 Å². The van der Waals surface area contributed by atoms with Crippen molar-refractivity contribution < 1.29 is 14.7 Å². The van der Waals surface area contributed by atoms with E-state index >= 15 is 0 Å². The van der Waals surface area contributed by atoms with Gasteiger partial charge in [0.15, 0.2) is 0 Å². The molecule has 2 amide bonds. The first kappa shape index (κ1) is 12.3. The maximum absolute atomic E-state index is 11.8.